The van der Waals surface area contributed by atoms with Gasteiger partial charge in [-0.15, -0.1) is 5.10 Å². The van der Waals surface area contributed by atoms with Crippen LogP contribution in [0, 0.1) is 12.7 Å². The summed E-state index contributed by atoms with van der Waals surface area (Å²) in [4.78, 5) is 15.0. The van der Waals surface area contributed by atoms with Gasteiger partial charge in [0.15, 0.2) is 0 Å². The fraction of sp³-hybridized carbons (Fsp3) is 0.0435. The Morgan fingerprint density at radius 3 is 2.41 bits per heavy atom. The summed E-state index contributed by atoms with van der Waals surface area (Å²) >= 11 is 0. The van der Waals surface area contributed by atoms with E-state index in [1.54, 1.807) is 42.5 Å². The van der Waals surface area contributed by atoms with Crippen molar-refractivity contribution >= 4 is 32.6 Å². The first-order chi connectivity index (χ1) is 15.3. The number of benzene rings is 3. The van der Waals surface area contributed by atoms with Crippen molar-refractivity contribution in [3.05, 3.63) is 101 Å². The number of carbonyl (C=O) groups is 1. The number of halogens is 1. The van der Waals surface area contributed by atoms with Crippen LogP contribution in [0.3, 0.4) is 0 Å². The third-order valence-electron chi connectivity index (χ3n) is 4.62. The maximum absolute atomic E-state index is 14.0. The predicted octanol–water partition coefficient (Wildman–Crippen LogP) is 3.93. The molecule has 0 spiro atoms. The number of sulfonamides is 1. The van der Waals surface area contributed by atoms with Crippen molar-refractivity contribution < 1.29 is 22.0 Å². The first-order valence-corrected chi connectivity index (χ1v) is 11.0. The Morgan fingerprint density at radius 2 is 1.66 bits per heavy atom. The van der Waals surface area contributed by atoms with Crippen molar-refractivity contribution in [1.82, 2.24) is 4.83 Å². The molecule has 1 aromatic heterocycles. The molecule has 3 aromatic carbocycles. The van der Waals surface area contributed by atoms with Crippen LogP contribution in [-0.4, -0.2) is 14.3 Å². The van der Waals surface area contributed by atoms with E-state index in [9.17, 15) is 17.6 Å². The number of hydrogen-bond acceptors (Lipinski definition) is 5. The van der Waals surface area contributed by atoms with Crippen molar-refractivity contribution in [2.45, 2.75) is 11.8 Å². The van der Waals surface area contributed by atoms with Gasteiger partial charge in [0.1, 0.15) is 17.0 Å². The lowest BCUT2D eigenvalue weighted by molar-refractivity contribution is 0.102. The highest BCUT2D eigenvalue weighted by molar-refractivity contribution is 7.89. The number of nitrogens with one attached hydrogen (secondary N) is 2. The normalized spacial score (nSPS) is 12.0. The monoisotopic (exact) mass is 451 g/mol. The zero-order valence-electron chi connectivity index (χ0n) is 16.9. The first kappa shape index (κ1) is 21.3. The molecular formula is C23H18FN3O4S. The molecule has 1 heterocycles. The first-order valence-electron chi connectivity index (χ1n) is 9.54. The van der Waals surface area contributed by atoms with Gasteiger partial charge in [-0.25, -0.2) is 4.39 Å². The molecule has 1 amide bonds. The molecule has 0 fully saturated rings. The number of amides is 1. The SMILES string of the molecule is Cc1ccc(S(=O)(=O)N/N=c2/oc3ccccc3cc2C(=O)Nc2ccccc2F)cc1. The zero-order chi connectivity index (χ0) is 22.7. The summed E-state index contributed by atoms with van der Waals surface area (Å²) in [5, 5.41) is 6.90. The molecule has 2 N–H and O–H groups in total. The zero-order valence-corrected chi connectivity index (χ0v) is 17.7. The van der Waals surface area contributed by atoms with Crippen LogP contribution in [0.5, 0.6) is 0 Å². The minimum absolute atomic E-state index is 0.00463. The topological polar surface area (TPSA) is 101 Å². The Kier molecular flexibility index (Phi) is 5.74. The van der Waals surface area contributed by atoms with Gasteiger partial charge < -0.3 is 9.73 Å². The standard InChI is InChI=1S/C23H18FN3O4S/c1-15-10-12-17(13-11-15)32(29,30)27-26-23-18(14-16-6-2-5-9-21(16)31-23)22(28)25-20-8-4-3-7-19(20)24/h2-14,27H,1H3,(H,25,28)/b26-23+. The van der Waals surface area contributed by atoms with Gasteiger partial charge in [-0.3, -0.25) is 4.79 Å². The van der Waals surface area contributed by atoms with Crippen molar-refractivity contribution in [1.29, 1.82) is 0 Å². The summed E-state index contributed by atoms with van der Waals surface area (Å²) in [5.41, 5.74) is 0.921. The molecular weight excluding hydrogens is 433 g/mol. The number of rotatable bonds is 5. The highest BCUT2D eigenvalue weighted by Crippen LogP contribution is 2.16. The van der Waals surface area contributed by atoms with Crippen LogP contribution in [0.4, 0.5) is 10.1 Å². The Hall–Kier alpha value is -3.98. The second-order valence-corrected chi connectivity index (χ2v) is 8.62. The minimum atomic E-state index is -4.00. The molecule has 0 unspecified atom stereocenters. The average molecular weight is 451 g/mol. The third-order valence-corrected chi connectivity index (χ3v) is 5.85. The number of carbonyl (C=O) groups excluding carboxylic acids is 1. The molecule has 0 aliphatic heterocycles. The molecule has 0 atom stereocenters. The maximum Gasteiger partial charge on any atom is 0.276 e. The van der Waals surface area contributed by atoms with Crippen LogP contribution in [-0.2, 0) is 10.0 Å². The molecule has 4 aromatic rings. The van der Waals surface area contributed by atoms with Gasteiger partial charge >= 0.3 is 0 Å². The number of fused-ring (bicyclic) bond motifs is 1. The quantitative estimate of drug-likeness (QED) is 0.449. The lowest BCUT2D eigenvalue weighted by Crippen LogP contribution is -2.27. The number of anilines is 1. The van der Waals surface area contributed by atoms with Gasteiger partial charge in [0.05, 0.1) is 10.6 Å². The number of hydrogen-bond donors (Lipinski definition) is 2. The molecule has 32 heavy (non-hydrogen) atoms. The molecule has 7 nitrogen and oxygen atoms in total. The van der Waals surface area contributed by atoms with E-state index in [2.05, 4.69) is 15.2 Å². The number of aryl methyl sites for hydroxylation is 1. The van der Waals surface area contributed by atoms with Crippen molar-refractivity contribution in [3.8, 4) is 0 Å². The van der Waals surface area contributed by atoms with E-state index in [0.717, 1.165) is 5.56 Å². The highest BCUT2D eigenvalue weighted by Gasteiger charge is 2.17. The van der Waals surface area contributed by atoms with Crippen LogP contribution in [0.15, 0.2) is 93.3 Å². The van der Waals surface area contributed by atoms with Crippen LogP contribution in [0.1, 0.15) is 15.9 Å². The van der Waals surface area contributed by atoms with Gasteiger partial charge in [-0.2, -0.15) is 13.2 Å². The van der Waals surface area contributed by atoms with Crippen LogP contribution >= 0.6 is 0 Å². The predicted molar refractivity (Wildman–Crippen MR) is 118 cm³/mol. The molecule has 0 aliphatic rings. The summed E-state index contributed by atoms with van der Waals surface area (Å²) < 4.78 is 44.9. The highest BCUT2D eigenvalue weighted by atomic mass is 32.2. The molecule has 0 radical (unpaired) electrons. The van der Waals surface area contributed by atoms with Crippen LogP contribution in [0.2, 0.25) is 0 Å². The van der Waals surface area contributed by atoms with E-state index < -0.39 is 21.7 Å². The molecule has 0 saturated carbocycles. The molecule has 162 valence electrons. The number of para-hydroxylation sites is 2. The van der Waals surface area contributed by atoms with E-state index in [4.69, 9.17) is 4.42 Å². The molecule has 0 bridgehead atoms. The third kappa shape index (κ3) is 4.52. The second-order valence-electron chi connectivity index (χ2n) is 6.96. The fourth-order valence-corrected chi connectivity index (χ4v) is 3.74. The molecule has 9 heteroatoms. The molecule has 0 aliphatic carbocycles. The molecule has 4 rings (SSSR count). The largest absolute Gasteiger partial charge is 0.436 e. The smallest absolute Gasteiger partial charge is 0.276 e. The van der Waals surface area contributed by atoms with E-state index >= 15 is 0 Å². The van der Waals surface area contributed by atoms with Gasteiger partial charge in [0, 0.05) is 5.39 Å². The lowest BCUT2D eigenvalue weighted by Gasteiger charge is -2.08. The van der Waals surface area contributed by atoms with Crippen molar-refractivity contribution in [2.24, 2.45) is 5.10 Å². The summed E-state index contributed by atoms with van der Waals surface area (Å²) in [5.74, 6) is -1.32. The van der Waals surface area contributed by atoms with Crippen LogP contribution in [0.25, 0.3) is 11.0 Å². The Labute approximate surface area is 183 Å². The summed E-state index contributed by atoms with van der Waals surface area (Å²) in [7, 11) is -4.00. The Morgan fingerprint density at radius 1 is 0.969 bits per heavy atom. The van der Waals surface area contributed by atoms with Gasteiger partial charge in [0.25, 0.3) is 15.9 Å². The minimum Gasteiger partial charge on any atom is -0.436 e. The second kappa shape index (κ2) is 8.64. The lowest BCUT2D eigenvalue weighted by atomic mass is 10.1. The summed E-state index contributed by atoms with van der Waals surface area (Å²) in [6, 6.07) is 20.2. The number of nitrogens with zero attached hydrogens (tertiary/aromatic N) is 1. The van der Waals surface area contributed by atoms with Gasteiger partial charge in [0.2, 0.25) is 5.55 Å². The van der Waals surface area contributed by atoms with E-state index in [1.807, 2.05) is 6.92 Å². The van der Waals surface area contributed by atoms with Gasteiger partial charge in [-0.1, -0.05) is 48.0 Å². The average Bonchev–Trinajstić information content (AvgIpc) is 2.79. The summed E-state index contributed by atoms with van der Waals surface area (Å²) in [6.07, 6.45) is 0. The van der Waals surface area contributed by atoms with Gasteiger partial charge in [-0.05, 0) is 43.3 Å². The van der Waals surface area contributed by atoms with Crippen molar-refractivity contribution in [3.63, 3.8) is 0 Å². The van der Waals surface area contributed by atoms with E-state index in [-0.39, 0.29) is 21.7 Å². The van der Waals surface area contributed by atoms with E-state index in [1.165, 1.54) is 36.4 Å². The van der Waals surface area contributed by atoms with Crippen molar-refractivity contribution in [2.75, 3.05) is 5.32 Å². The van der Waals surface area contributed by atoms with E-state index in [0.29, 0.717) is 11.0 Å². The Bertz CT molecular complexity index is 1480. The molecule has 0 saturated heterocycles. The maximum atomic E-state index is 14.0. The summed E-state index contributed by atoms with van der Waals surface area (Å²) in [6.45, 7) is 1.84. The van der Waals surface area contributed by atoms with Crippen LogP contribution < -0.4 is 15.7 Å². The Balaban J connectivity index is 1.76. The fourth-order valence-electron chi connectivity index (χ4n) is 2.94.